The van der Waals surface area contributed by atoms with Gasteiger partial charge < -0.3 is 4.98 Å². The molecule has 0 saturated carbocycles. The van der Waals surface area contributed by atoms with Gasteiger partial charge in [0.15, 0.2) is 0 Å². The standard InChI is InChI=1S/C11H15N/c1-5-10(8(2)3)11-9(4)6-7-12-11/h5-8,12H,1,4H2,2-3H3/b11-10-. The maximum atomic E-state index is 3.93. The van der Waals surface area contributed by atoms with Gasteiger partial charge in [-0.1, -0.05) is 33.1 Å². The lowest BCUT2D eigenvalue weighted by atomic mass is 10.0. The van der Waals surface area contributed by atoms with Gasteiger partial charge >= 0.3 is 0 Å². The molecule has 64 valence electrons. The highest BCUT2D eigenvalue weighted by molar-refractivity contribution is 5.56. The molecule has 1 aromatic heterocycles. The first kappa shape index (κ1) is 8.85. The van der Waals surface area contributed by atoms with Crippen LogP contribution in [0.4, 0.5) is 0 Å². The van der Waals surface area contributed by atoms with Crippen LogP contribution >= 0.6 is 0 Å². The zero-order valence-electron chi connectivity index (χ0n) is 7.72. The van der Waals surface area contributed by atoms with Gasteiger partial charge in [-0.25, -0.2) is 0 Å². The smallest absolute Gasteiger partial charge is 0.0482 e. The lowest BCUT2D eigenvalue weighted by Crippen LogP contribution is -2.24. The monoisotopic (exact) mass is 161 g/mol. The van der Waals surface area contributed by atoms with Crippen LogP contribution in [-0.2, 0) is 0 Å². The molecule has 1 nitrogen and oxygen atoms in total. The molecule has 0 atom stereocenters. The van der Waals surface area contributed by atoms with E-state index in [-0.39, 0.29) is 0 Å². The van der Waals surface area contributed by atoms with Crippen LogP contribution in [0.25, 0.3) is 12.2 Å². The van der Waals surface area contributed by atoms with Crippen LogP contribution in [0.15, 0.2) is 24.9 Å². The van der Waals surface area contributed by atoms with Crippen molar-refractivity contribution in [3.63, 3.8) is 0 Å². The first-order valence-electron chi connectivity index (χ1n) is 4.15. The number of aromatic amines is 1. The zero-order chi connectivity index (χ0) is 9.14. The summed E-state index contributed by atoms with van der Waals surface area (Å²) in [4.78, 5) is 3.17. The molecule has 1 aromatic rings. The summed E-state index contributed by atoms with van der Waals surface area (Å²) < 4.78 is 0. The predicted molar refractivity (Wildman–Crippen MR) is 54.0 cm³/mol. The van der Waals surface area contributed by atoms with Gasteiger partial charge in [0.2, 0.25) is 0 Å². The second-order valence-corrected chi connectivity index (χ2v) is 3.19. The summed E-state index contributed by atoms with van der Waals surface area (Å²) in [5, 5.41) is 2.15. The number of nitrogens with one attached hydrogen (secondary N) is 1. The minimum Gasteiger partial charge on any atom is -0.361 e. The quantitative estimate of drug-likeness (QED) is 0.675. The van der Waals surface area contributed by atoms with Crippen LogP contribution in [0, 0.1) is 5.92 Å². The summed E-state index contributed by atoms with van der Waals surface area (Å²) in [6.45, 7) is 12.0. The van der Waals surface area contributed by atoms with Gasteiger partial charge in [0.05, 0.1) is 0 Å². The molecular formula is C11H15N. The lowest BCUT2D eigenvalue weighted by Gasteiger charge is -2.03. The minimum absolute atomic E-state index is 0.488. The van der Waals surface area contributed by atoms with Crippen LogP contribution < -0.4 is 10.6 Å². The van der Waals surface area contributed by atoms with Crippen molar-refractivity contribution >= 4 is 12.2 Å². The molecule has 0 unspecified atom stereocenters. The molecule has 0 spiro atoms. The Bertz CT molecular complexity index is 368. The minimum atomic E-state index is 0.488. The summed E-state index contributed by atoms with van der Waals surface area (Å²) >= 11 is 0. The summed E-state index contributed by atoms with van der Waals surface area (Å²) in [5.41, 5.74) is 1.23. The maximum Gasteiger partial charge on any atom is 0.0482 e. The summed E-state index contributed by atoms with van der Waals surface area (Å²) in [6.07, 6.45) is 3.80. The molecule has 0 bridgehead atoms. The third kappa shape index (κ3) is 1.50. The molecule has 0 fully saturated rings. The van der Waals surface area contributed by atoms with Crippen LogP contribution in [0.1, 0.15) is 13.8 Å². The molecule has 1 rings (SSSR count). The van der Waals surface area contributed by atoms with Gasteiger partial charge in [-0.3, -0.25) is 0 Å². The second kappa shape index (κ2) is 3.44. The molecule has 1 N–H and O–H groups in total. The number of rotatable bonds is 2. The predicted octanol–water partition coefficient (Wildman–Crippen LogP) is 1.42. The van der Waals surface area contributed by atoms with Crippen molar-refractivity contribution in [2.45, 2.75) is 13.8 Å². The molecule has 0 aliphatic rings. The van der Waals surface area contributed by atoms with Crippen LogP contribution in [0.5, 0.6) is 0 Å². The fraction of sp³-hybridized carbons (Fsp3) is 0.273. The third-order valence-electron chi connectivity index (χ3n) is 1.96. The highest BCUT2D eigenvalue weighted by Gasteiger charge is 2.00. The lowest BCUT2D eigenvalue weighted by molar-refractivity contribution is 0.851. The fourth-order valence-electron chi connectivity index (χ4n) is 1.30. The highest BCUT2D eigenvalue weighted by atomic mass is 14.6. The molecule has 0 aliphatic heterocycles. The Morgan fingerprint density at radius 2 is 2.25 bits per heavy atom. The molecular weight excluding hydrogens is 146 g/mol. The summed E-state index contributed by atoms with van der Waals surface area (Å²) in [7, 11) is 0. The Balaban J connectivity index is 3.48. The highest BCUT2D eigenvalue weighted by Crippen LogP contribution is 2.07. The van der Waals surface area contributed by atoms with Crippen molar-refractivity contribution in [1.29, 1.82) is 0 Å². The van der Waals surface area contributed by atoms with Gasteiger partial charge in [0, 0.05) is 11.5 Å². The molecule has 0 radical (unpaired) electrons. The van der Waals surface area contributed by atoms with Crippen LogP contribution in [0.3, 0.4) is 0 Å². The number of hydrogen-bond acceptors (Lipinski definition) is 0. The zero-order valence-corrected chi connectivity index (χ0v) is 7.72. The van der Waals surface area contributed by atoms with Crippen molar-refractivity contribution in [2.24, 2.45) is 5.92 Å². The van der Waals surface area contributed by atoms with E-state index in [0.717, 1.165) is 10.6 Å². The molecule has 0 aromatic carbocycles. The van der Waals surface area contributed by atoms with Gasteiger partial charge in [-0.15, -0.1) is 0 Å². The summed E-state index contributed by atoms with van der Waals surface area (Å²) in [5.74, 6) is 0.488. The molecule has 0 saturated heterocycles. The average Bonchev–Trinajstić information content (AvgIpc) is 2.38. The van der Waals surface area contributed by atoms with Crippen LogP contribution in [0.2, 0.25) is 0 Å². The second-order valence-electron chi connectivity index (χ2n) is 3.19. The Morgan fingerprint density at radius 3 is 2.58 bits per heavy atom. The molecule has 12 heavy (non-hydrogen) atoms. The summed E-state index contributed by atoms with van der Waals surface area (Å²) in [6, 6.07) is 1.97. The van der Waals surface area contributed by atoms with Crippen molar-refractivity contribution in [2.75, 3.05) is 0 Å². The van der Waals surface area contributed by atoms with E-state index in [1.165, 1.54) is 5.57 Å². The Labute approximate surface area is 73.1 Å². The molecule has 1 heteroatoms. The third-order valence-corrected chi connectivity index (χ3v) is 1.96. The molecule has 0 aliphatic carbocycles. The number of aromatic nitrogens is 1. The van der Waals surface area contributed by atoms with E-state index < -0.39 is 0 Å². The maximum absolute atomic E-state index is 3.93. The van der Waals surface area contributed by atoms with Gasteiger partial charge in [-0.2, -0.15) is 0 Å². The normalized spacial score (nSPS) is 13.2. The molecule has 1 heterocycles. The van der Waals surface area contributed by atoms with E-state index in [1.54, 1.807) is 0 Å². The van der Waals surface area contributed by atoms with E-state index in [4.69, 9.17) is 0 Å². The Morgan fingerprint density at radius 1 is 1.58 bits per heavy atom. The van der Waals surface area contributed by atoms with Crippen molar-refractivity contribution in [1.82, 2.24) is 4.98 Å². The van der Waals surface area contributed by atoms with Crippen molar-refractivity contribution in [3.8, 4) is 0 Å². The van der Waals surface area contributed by atoms with E-state index in [9.17, 15) is 0 Å². The first-order valence-corrected chi connectivity index (χ1v) is 4.15. The SMILES string of the molecule is C=C/C(=c1/[nH]ccc1=C)C(C)C. The average molecular weight is 161 g/mol. The molecule has 0 amide bonds. The number of hydrogen-bond donors (Lipinski definition) is 1. The van der Waals surface area contributed by atoms with Crippen molar-refractivity contribution in [3.05, 3.63) is 35.5 Å². The van der Waals surface area contributed by atoms with Gasteiger partial charge in [0.1, 0.15) is 0 Å². The fourth-order valence-corrected chi connectivity index (χ4v) is 1.30. The number of H-pyrrole nitrogens is 1. The van der Waals surface area contributed by atoms with E-state index in [2.05, 4.69) is 32.0 Å². The van der Waals surface area contributed by atoms with Crippen molar-refractivity contribution < 1.29 is 0 Å². The Kier molecular flexibility index (Phi) is 2.54. The topological polar surface area (TPSA) is 15.8 Å². The van der Waals surface area contributed by atoms with Gasteiger partial charge in [-0.05, 0) is 22.8 Å². The van der Waals surface area contributed by atoms with E-state index >= 15 is 0 Å². The first-order chi connectivity index (χ1) is 5.66. The number of allylic oxidation sites excluding steroid dienone is 1. The van der Waals surface area contributed by atoms with E-state index in [0.29, 0.717) is 5.92 Å². The van der Waals surface area contributed by atoms with Crippen LogP contribution in [-0.4, -0.2) is 4.98 Å². The Hall–Kier alpha value is -1.24. The largest absolute Gasteiger partial charge is 0.361 e. The van der Waals surface area contributed by atoms with E-state index in [1.807, 2.05) is 18.3 Å². The van der Waals surface area contributed by atoms with Gasteiger partial charge in [0.25, 0.3) is 0 Å².